The Kier molecular flexibility index (Phi) is 5.23. The van der Waals surface area contributed by atoms with Crippen molar-refractivity contribution in [2.75, 3.05) is 0 Å². The maximum atomic E-state index is 5.81. The largest absolute Gasteiger partial charge is 0.439 e. The van der Waals surface area contributed by atoms with Gasteiger partial charge < -0.3 is 9.05 Å². The van der Waals surface area contributed by atoms with Crippen molar-refractivity contribution in [1.82, 2.24) is 0 Å². The van der Waals surface area contributed by atoms with Gasteiger partial charge in [-0.05, 0) is 38.8 Å². The fourth-order valence-electron chi connectivity index (χ4n) is 1.01. The molecule has 0 amide bonds. The molecule has 1 atom stereocenters. The molecule has 0 spiro atoms. The third-order valence-electron chi connectivity index (χ3n) is 2.43. The fourth-order valence-corrected chi connectivity index (χ4v) is 3.57. The van der Waals surface area contributed by atoms with Crippen LogP contribution >= 0.6 is 22.6 Å². The van der Waals surface area contributed by atoms with Gasteiger partial charge in [0, 0.05) is 15.5 Å². The van der Waals surface area contributed by atoms with Gasteiger partial charge in [-0.3, -0.25) is 0 Å². The molecule has 2 nitrogen and oxygen atoms in total. The van der Waals surface area contributed by atoms with Crippen LogP contribution in [0.1, 0.15) is 32.8 Å². The van der Waals surface area contributed by atoms with E-state index in [-0.39, 0.29) is 5.60 Å². The van der Waals surface area contributed by atoms with Crippen LogP contribution in [0.15, 0.2) is 24.3 Å². The molecular weight excluding hydrogens is 287 g/mol. The van der Waals surface area contributed by atoms with Gasteiger partial charge in [-0.15, -0.1) is 0 Å². The molecule has 0 radical (unpaired) electrons. The lowest BCUT2D eigenvalue weighted by molar-refractivity contribution is 0.115. The molecule has 1 rings (SSSR count). The average molecular weight is 305 g/mol. The van der Waals surface area contributed by atoms with Crippen molar-refractivity contribution in [2.45, 2.75) is 39.7 Å². The average Bonchev–Trinajstić information content (AvgIpc) is 2.21. The Bertz CT molecular complexity index is 342. The van der Waals surface area contributed by atoms with Gasteiger partial charge in [0.2, 0.25) is 0 Å². The molecule has 1 aromatic rings. The van der Waals surface area contributed by atoms with E-state index >= 15 is 0 Å². The quantitative estimate of drug-likeness (QED) is 0.696. The van der Waals surface area contributed by atoms with E-state index < -0.39 is 7.08 Å². The summed E-state index contributed by atoms with van der Waals surface area (Å²) in [6, 6.07) is 7.93. The van der Waals surface area contributed by atoms with Crippen molar-refractivity contribution in [1.29, 1.82) is 0 Å². The second kappa shape index (κ2) is 6.00. The van der Waals surface area contributed by atoms with Crippen LogP contribution in [0, 0.1) is 6.92 Å². The third kappa shape index (κ3) is 4.40. The maximum absolute atomic E-state index is 5.81. The number of para-hydroxylation sites is 1. The van der Waals surface area contributed by atoms with E-state index in [1.807, 2.05) is 31.2 Å². The number of hydrogen-bond acceptors (Lipinski definition) is 2. The summed E-state index contributed by atoms with van der Waals surface area (Å²) >= 11 is 3.45. The Balaban J connectivity index is 2.58. The summed E-state index contributed by atoms with van der Waals surface area (Å²) in [5.41, 5.74) is 0.963. The highest BCUT2D eigenvalue weighted by atomic mass is 79.9. The number of aryl methyl sites for hydroxylation is 1. The Morgan fingerprint density at radius 3 is 2.50 bits per heavy atom. The highest BCUT2D eigenvalue weighted by Gasteiger charge is 2.22. The lowest BCUT2D eigenvalue weighted by Gasteiger charge is -2.26. The predicted molar refractivity (Wildman–Crippen MR) is 73.1 cm³/mol. The van der Waals surface area contributed by atoms with Gasteiger partial charge in [0.1, 0.15) is 5.75 Å². The molecule has 0 aliphatic rings. The molecule has 0 saturated heterocycles. The minimum atomic E-state index is -1.05. The molecule has 0 heterocycles. The Morgan fingerprint density at radius 2 is 1.94 bits per heavy atom. The van der Waals surface area contributed by atoms with Crippen molar-refractivity contribution in [3.8, 4) is 5.75 Å². The summed E-state index contributed by atoms with van der Waals surface area (Å²) in [5, 5.41) is 0. The van der Waals surface area contributed by atoms with E-state index in [0.29, 0.717) is 0 Å². The first-order valence-corrected chi connectivity index (χ1v) is 8.53. The topological polar surface area (TPSA) is 18.5 Å². The van der Waals surface area contributed by atoms with Crippen molar-refractivity contribution < 1.29 is 9.05 Å². The van der Waals surface area contributed by atoms with Gasteiger partial charge in [-0.2, -0.15) is 0 Å². The molecule has 1 aromatic carbocycles. The molecule has 90 valence electrons. The van der Waals surface area contributed by atoms with Crippen molar-refractivity contribution in [3.63, 3.8) is 0 Å². The second-order valence-corrected chi connectivity index (χ2v) is 6.80. The molecule has 1 unspecified atom stereocenters. The Morgan fingerprint density at radius 1 is 1.31 bits per heavy atom. The second-order valence-electron chi connectivity index (χ2n) is 4.27. The summed E-state index contributed by atoms with van der Waals surface area (Å²) in [6.07, 6.45) is 0.953. The minimum absolute atomic E-state index is 0.155. The van der Waals surface area contributed by atoms with E-state index in [1.165, 1.54) is 0 Å². The van der Waals surface area contributed by atoms with Crippen LogP contribution in [0.2, 0.25) is 0 Å². The monoisotopic (exact) mass is 304 g/mol. The van der Waals surface area contributed by atoms with Crippen LogP contribution in [-0.4, -0.2) is 5.60 Å². The molecule has 0 bridgehead atoms. The molecule has 0 N–H and O–H groups in total. The number of hydrogen-bond donors (Lipinski definition) is 0. The van der Waals surface area contributed by atoms with Gasteiger partial charge >= 0.3 is 7.08 Å². The normalized spacial score (nSPS) is 13.6. The van der Waals surface area contributed by atoms with E-state index in [4.69, 9.17) is 9.05 Å². The highest BCUT2D eigenvalue weighted by molar-refractivity contribution is 9.38. The third-order valence-corrected chi connectivity index (χ3v) is 4.28. The first-order chi connectivity index (χ1) is 7.44. The predicted octanol–water partition coefficient (Wildman–Crippen LogP) is 5.20. The standard InChI is InChI=1S/C12H18BrO2P/c1-5-12(3,4)15-16(13)14-11-9-7-6-8-10(11)2/h6-9H,5H2,1-4H3. The fraction of sp³-hybridized carbons (Fsp3) is 0.500. The van der Waals surface area contributed by atoms with Crippen molar-refractivity contribution in [3.05, 3.63) is 29.8 Å². The van der Waals surface area contributed by atoms with Crippen LogP contribution in [0.5, 0.6) is 5.75 Å². The summed E-state index contributed by atoms with van der Waals surface area (Å²) in [5.74, 6) is 0.873. The molecule has 0 saturated carbocycles. The van der Waals surface area contributed by atoms with E-state index in [2.05, 4.69) is 36.3 Å². The summed E-state index contributed by atoms with van der Waals surface area (Å²) in [7, 11) is -1.05. The molecule has 16 heavy (non-hydrogen) atoms. The van der Waals surface area contributed by atoms with E-state index in [1.54, 1.807) is 0 Å². The zero-order chi connectivity index (χ0) is 12.2. The number of rotatable bonds is 5. The zero-order valence-electron chi connectivity index (χ0n) is 10.2. The lowest BCUT2D eigenvalue weighted by atomic mass is 10.1. The summed E-state index contributed by atoms with van der Waals surface area (Å²) in [6.45, 7) is 8.25. The van der Waals surface area contributed by atoms with Crippen molar-refractivity contribution >= 4 is 22.6 Å². The van der Waals surface area contributed by atoms with Crippen LogP contribution in [0.25, 0.3) is 0 Å². The van der Waals surface area contributed by atoms with Crippen LogP contribution in [-0.2, 0) is 4.52 Å². The number of halogens is 1. The van der Waals surface area contributed by atoms with Crippen LogP contribution < -0.4 is 4.52 Å². The van der Waals surface area contributed by atoms with Crippen LogP contribution in [0.3, 0.4) is 0 Å². The first-order valence-electron chi connectivity index (χ1n) is 5.33. The van der Waals surface area contributed by atoms with Gasteiger partial charge in [-0.1, -0.05) is 25.1 Å². The Labute approximate surface area is 107 Å². The minimum Gasteiger partial charge on any atom is -0.439 e. The molecule has 0 aliphatic carbocycles. The SMILES string of the molecule is CCC(C)(C)OP(Br)Oc1ccccc1C. The zero-order valence-corrected chi connectivity index (χ0v) is 12.6. The Hall–Kier alpha value is -0.110. The smallest absolute Gasteiger partial charge is 0.307 e. The summed E-state index contributed by atoms with van der Waals surface area (Å²) in [4.78, 5) is 0. The van der Waals surface area contributed by atoms with E-state index in [9.17, 15) is 0 Å². The highest BCUT2D eigenvalue weighted by Crippen LogP contribution is 2.50. The van der Waals surface area contributed by atoms with Gasteiger partial charge in [-0.25, -0.2) is 0 Å². The maximum Gasteiger partial charge on any atom is 0.307 e. The van der Waals surface area contributed by atoms with Gasteiger partial charge in [0.15, 0.2) is 0 Å². The van der Waals surface area contributed by atoms with E-state index in [0.717, 1.165) is 17.7 Å². The lowest BCUT2D eigenvalue weighted by Crippen LogP contribution is -2.20. The van der Waals surface area contributed by atoms with Gasteiger partial charge in [0.05, 0.1) is 5.60 Å². The van der Waals surface area contributed by atoms with Gasteiger partial charge in [0.25, 0.3) is 0 Å². The number of benzene rings is 1. The summed E-state index contributed by atoms with van der Waals surface area (Å²) < 4.78 is 11.5. The molecule has 0 fully saturated rings. The molecule has 0 aliphatic heterocycles. The molecule has 4 heteroatoms. The first kappa shape index (κ1) is 14.0. The molecular formula is C12H18BrO2P. The van der Waals surface area contributed by atoms with Crippen LogP contribution in [0.4, 0.5) is 0 Å². The van der Waals surface area contributed by atoms with Crippen molar-refractivity contribution in [2.24, 2.45) is 0 Å². The molecule has 0 aromatic heterocycles.